The van der Waals surface area contributed by atoms with Crippen molar-refractivity contribution in [2.24, 2.45) is 0 Å². The number of piperidine rings is 1. The van der Waals surface area contributed by atoms with Gasteiger partial charge in [-0.3, -0.25) is 0 Å². The lowest BCUT2D eigenvalue weighted by Crippen LogP contribution is -2.44. The summed E-state index contributed by atoms with van der Waals surface area (Å²) in [4.78, 5) is 14.3. The van der Waals surface area contributed by atoms with E-state index in [1.807, 2.05) is 41.3 Å². The summed E-state index contributed by atoms with van der Waals surface area (Å²) in [6.45, 7) is 4.11. The van der Waals surface area contributed by atoms with Crippen LogP contribution >= 0.6 is 0 Å². The van der Waals surface area contributed by atoms with Crippen LogP contribution in [0.15, 0.2) is 54.6 Å². The van der Waals surface area contributed by atoms with Crippen molar-refractivity contribution in [2.45, 2.75) is 44.4 Å². The number of allylic oxidation sites excluding steroid dienone is 2. The van der Waals surface area contributed by atoms with Gasteiger partial charge in [0, 0.05) is 12.1 Å². The molecule has 0 N–H and O–H groups in total. The van der Waals surface area contributed by atoms with Gasteiger partial charge in [0.2, 0.25) is 0 Å². The Balaban J connectivity index is 1.61. The van der Waals surface area contributed by atoms with Crippen LogP contribution in [0.25, 0.3) is 0 Å². The minimum Gasteiger partial charge on any atom is -0.445 e. The van der Waals surface area contributed by atoms with Crippen LogP contribution in [0.1, 0.15) is 31.2 Å². The molecule has 3 heteroatoms. The summed E-state index contributed by atoms with van der Waals surface area (Å²) in [5, 5.41) is 0. The maximum atomic E-state index is 12.4. The van der Waals surface area contributed by atoms with Crippen molar-refractivity contribution in [1.29, 1.82) is 0 Å². The van der Waals surface area contributed by atoms with Crippen molar-refractivity contribution in [3.05, 3.63) is 60.2 Å². The molecule has 0 aromatic heterocycles. The highest BCUT2D eigenvalue weighted by Gasteiger charge is 2.41. The molecule has 2 unspecified atom stereocenters. The number of carbonyl (C=O) groups excluding carboxylic acids is 1. The minimum atomic E-state index is -0.163. The average molecular weight is 283 g/mol. The molecular formula is C18H21NO2. The molecule has 2 heterocycles. The molecule has 21 heavy (non-hydrogen) atoms. The minimum absolute atomic E-state index is 0.163. The summed E-state index contributed by atoms with van der Waals surface area (Å²) in [5.74, 6) is 0. The van der Waals surface area contributed by atoms with Gasteiger partial charge in [0.15, 0.2) is 0 Å². The van der Waals surface area contributed by atoms with Crippen LogP contribution in [-0.4, -0.2) is 23.1 Å². The summed E-state index contributed by atoms with van der Waals surface area (Å²) in [6.07, 6.45) is 7.87. The molecule has 1 aromatic rings. The molecule has 2 aliphatic heterocycles. The van der Waals surface area contributed by atoms with Gasteiger partial charge >= 0.3 is 6.09 Å². The lowest BCUT2D eigenvalue weighted by molar-refractivity contribution is 0.0721. The Morgan fingerprint density at radius 2 is 1.90 bits per heavy atom. The molecule has 0 aliphatic carbocycles. The molecule has 3 rings (SSSR count). The summed E-state index contributed by atoms with van der Waals surface area (Å²) < 4.78 is 5.49. The molecule has 1 aromatic carbocycles. The summed E-state index contributed by atoms with van der Waals surface area (Å²) in [6, 6.07) is 10.4. The molecule has 0 radical (unpaired) electrons. The Morgan fingerprint density at radius 1 is 1.24 bits per heavy atom. The van der Waals surface area contributed by atoms with Gasteiger partial charge in [-0.2, -0.15) is 0 Å². The van der Waals surface area contributed by atoms with Gasteiger partial charge in [-0.15, -0.1) is 0 Å². The number of hydrogen-bond donors (Lipinski definition) is 0. The Kier molecular flexibility index (Phi) is 4.09. The monoisotopic (exact) mass is 283 g/mol. The molecule has 3 nitrogen and oxygen atoms in total. The largest absolute Gasteiger partial charge is 0.445 e. The van der Waals surface area contributed by atoms with E-state index in [4.69, 9.17) is 4.74 Å². The van der Waals surface area contributed by atoms with E-state index in [1.165, 1.54) is 5.57 Å². The summed E-state index contributed by atoms with van der Waals surface area (Å²) in [7, 11) is 0. The molecular weight excluding hydrogens is 262 g/mol. The maximum Gasteiger partial charge on any atom is 0.410 e. The SMILES string of the molecule is C=CC=C1CC2CCC(C1)N2C(=O)OCc1ccccc1. The number of amides is 1. The Bertz CT molecular complexity index is 534. The normalized spacial score (nSPS) is 23.8. The first-order valence-electron chi connectivity index (χ1n) is 7.57. The van der Waals surface area contributed by atoms with Gasteiger partial charge in [0.1, 0.15) is 6.61 Å². The first kappa shape index (κ1) is 13.9. The zero-order chi connectivity index (χ0) is 14.7. The standard InChI is InChI=1S/C18H21NO2/c1-2-6-15-11-16-9-10-17(12-15)19(16)18(20)21-13-14-7-4-3-5-8-14/h2-8,16-17H,1,9-13H2. The van der Waals surface area contributed by atoms with Crippen molar-refractivity contribution in [3.8, 4) is 0 Å². The van der Waals surface area contributed by atoms with Crippen LogP contribution in [0.5, 0.6) is 0 Å². The number of benzene rings is 1. The highest BCUT2D eigenvalue weighted by Crippen LogP contribution is 2.38. The number of nitrogens with zero attached hydrogens (tertiary/aromatic N) is 1. The predicted octanol–water partition coefficient (Wildman–Crippen LogP) is 4.06. The zero-order valence-electron chi connectivity index (χ0n) is 12.2. The second-order valence-electron chi connectivity index (χ2n) is 5.80. The van der Waals surface area contributed by atoms with Crippen LogP contribution in [-0.2, 0) is 11.3 Å². The van der Waals surface area contributed by atoms with Crippen molar-refractivity contribution >= 4 is 6.09 Å². The third kappa shape index (κ3) is 3.02. The van der Waals surface area contributed by atoms with Crippen molar-refractivity contribution in [2.75, 3.05) is 0 Å². The molecule has 1 amide bonds. The fraction of sp³-hybridized carbons (Fsp3) is 0.389. The summed E-state index contributed by atoms with van der Waals surface area (Å²) in [5.41, 5.74) is 2.44. The van der Waals surface area contributed by atoms with Gasteiger partial charge in [0.25, 0.3) is 0 Å². The fourth-order valence-electron chi connectivity index (χ4n) is 3.45. The number of hydrogen-bond acceptors (Lipinski definition) is 2. The Morgan fingerprint density at radius 3 is 2.52 bits per heavy atom. The lowest BCUT2D eigenvalue weighted by atomic mass is 9.97. The first-order valence-corrected chi connectivity index (χ1v) is 7.57. The van der Waals surface area contributed by atoms with E-state index in [2.05, 4.69) is 12.7 Å². The molecule has 2 aliphatic rings. The van der Waals surface area contributed by atoms with Crippen molar-refractivity contribution in [3.63, 3.8) is 0 Å². The van der Waals surface area contributed by atoms with E-state index in [0.717, 1.165) is 31.2 Å². The Labute approximate surface area is 125 Å². The summed E-state index contributed by atoms with van der Waals surface area (Å²) >= 11 is 0. The van der Waals surface area contributed by atoms with Crippen molar-refractivity contribution in [1.82, 2.24) is 4.90 Å². The molecule has 2 saturated heterocycles. The van der Waals surface area contributed by atoms with Gasteiger partial charge in [-0.05, 0) is 31.2 Å². The van der Waals surface area contributed by atoms with Crippen LogP contribution in [0.2, 0.25) is 0 Å². The molecule has 2 fully saturated rings. The van der Waals surface area contributed by atoms with E-state index in [9.17, 15) is 4.79 Å². The molecule has 2 atom stereocenters. The van der Waals surface area contributed by atoms with Crippen LogP contribution in [0, 0.1) is 0 Å². The highest BCUT2D eigenvalue weighted by atomic mass is 16.6. The third-order valence-corrected chi connectivity index (χ3v) is 4.39. The Hall–Kier alpha value is -2.03. The van der Waals surface area contributed by atoms with E-state index in [0.29, 0.717) is 18.7 Å². The average Bonchev–Trinajstić information content (AvgIpc) is 2.78. The third-order valence-electron chi connectivity index (χ3n) is 4.39. The van der Waals surface area contributed by atoms with E-state index < -0.39 is 0 Å². The molecule has 110 valence electrons. The topological polar surface area (TPSA) is 29.5 Å². The van der Waals surface area contributed by atoms with Crippen LogP contribution < -0.4 is 0 Å². The second kappa shape index (κ2) is 6.17. The van der Waals surface area contributed by atoms with Gasteiger partial charge in [-0.1, -0.05) is 54.6 Å². The number of rotatable bonds is 3. The van der Waals surface area contributed by atoms with E-state index in [1.54, 1.807) is 0 Å². The van der Waals surface area contributed by atoms with Gasteiger partial charge in [-0.25, -0.2) is 4.79 Å². The van der Waals surface area contributed by atoms with Crippen LogP contribution in [0.4, 0.5) is 4.79 Å². The first-order chi connectivity index (χ1) is 10.3. The number of fused-ring (bicyclic) bond motifs is 2. The number of carbonyl (C=O) groups is 1. The zero-order valence-corrected chi connectivity index (χ0v) is 12.2. The molecule has 0 saturated carbocycles. The van der Waals surface area contributed by atoms with E-state index >= 15 is 0 Å². The van der Waals surface area contributed by atoms with Gasteiger partial charge in [0.05, 0.1) is 0 Å². The van der Waals surface area contributed by atoms with Gasteiger partial charge < -0.3 is 9.64 Å². The molecule has 0 spiro atoms. The van der Waals surface area contributed by atoms with Crippen LogP contribution in [0.3, 0.4) is 0 Å². The quantitative estimate of drug-likeness (QED) is 0.837. The smallest absolute Gasteiger partial charge is 0.410 e. The molecule has 2 bridgehead atoms. The van der Waals surface area contributed by atoms with E-state index in [-0.39, 0.29) is 6.09 Å². The maximum absolute atomic E-state index is 12.4. The number of ether oxygens (including phenoxy) is 1. The second-order valence-corrected chi connectivity index (χ2v) is 5.80. The predicted molar refractivity (Wildman–Crippen MR) is 82.8 cm³/mol. The fourth-order valence-corrected chi connectivity index (χ4v) is 3.45. The van der Waals surface area contributed by atoms with Crippen molar-refractivity contribution < 1.29 is 9.53 Å². The lowest BCUT2D eigenvalue weighted by Gasteiger charge is -2.35. The highest BCUT2D eigenvalue weighted by molar-refractivity contribution is 5.69.